The van der Waals surface area contributed by atoms with Crippen LogP contribution in [0.2, 0.25) is 0 Å². The van der Waals surface area contributed by atoms with E-state index in [2.05, 4.69) is 9.97 Å². The van der Waals surface area contributed by atoms with Crippen molar-refractivity contribution < 1.29 is 9.53 Å². The van der Waals surface area contributed by atoms with Gasteiger partial charge in [-0.1, -0.05) is 6.92 Å². The summed E-state index contributed by atoms with van der Waals surface area (Å²) in [5, 5.41) is 0. The third kappa shape index (κ3) is 2.86. The number of nitrogens with two attached hydrogens (primary N) is 2. The van der Waals surface area contributed by atoms with Crippen molar-refractivity contribution >= 4 is 17.4 Å². The topological polar surface area (TPSA) is 107 Å². The van der Waals surface area contributed by atoms with E-state index in [1.54, 1.807) is 0 Å². The van der Waals surface area contributed by atoms with Crippen LogP contribution in [0, 0.1) is 5.92 Å². The van der Waals surface area contributed by atoms with Crippen molar-refractivity contribution in [2.24, 2.45) is 11.7 Å². The Morgan fingerprint density at radius 3 is 3.00 bits per heavy atom. The first-order valence-electron chi connectivity index (χ1n) is 6.41. The van der Waals surface area contributed by atoms with Gasteiger partial charge in [-0.2, -0.15) is 4.98 Å². The number of aromatic nitrogens is 2. The zero-order chi connectivity index (χ0) is 13.8. The Bertz CT molecular complexity index is 465. The molecule has 19 heavy (non-hydrogen) atoms. The highest BCUT2D eigenvalue weighted by Crippen LogP contribution is 2.31. The van der Waals surface area contributed by atoms with E-state index >= 15 is 0 Å². The third-order valence-electron chi connectivity index (χ3n) is 3.16. The Balaban J connectivity index is 2.14. The predicted molar refractivity (Wildman–Crippen MR) is 71.7 cm³/mol. The summed E-state index contributed by atoms with van der Waals surface area (Å²) in [7, 11) is 0. The molecule has 2 heterocycles. The van der Waals surface area contributed by atoms with Gasteiger partial charge in [0.05, 0.1) is 12.5 Å². The Morgan fingerprint density at radius 2 is 2.37 bits per heavy atom. The fraction of sp³-hybridized carbons (Fsp3) is 0.583. The molecule has 0 bridgehead atoms. The molecule has 1 aromatic heterocycles. The van der Waals surface area contributed by atoms with Crippen LogP contribution >= 0.6 is 0 Å². The Labute approximate surface area is 111 Å². The number of nitrogens with zero attached hydrogens (tertiary/aromatic N) is 3. The molecule has 2 rings (SSSR count). The molecule has 1 aliphatic heterocycles. The highest BCUT2D eigenvalue weighted by molar-refractivity contribution is 5.79. The third-order valence-corrected chi connectivity index (χ3v) is 3.16. The maximum atomic E-state index is 11.2. The molecule has 104 valence electrons. The molecule has 1 amide bonds. The molecular formula is C12H19N5O2. The highest BCUT2D eigenvalue weighted by atomic mass is 16.5. The summed E-state index contributed by atoms with van der Waals surface area (Å²) < 4.78 is 5.47. The van der Waals surface area contributed by atoms with Crippen molar-refractivity contribution in [2.45, 2.75) is 19.8 Å². The maximum Gasteiger partial charge on any atom is 0.242 e. The minimum Gasteiger partial charge on any atom is -0.476 e. The van der Waals surface area contributed by atoms with E-state index < -0.39 is 0 Å². The molecule has 1 saturated heterocycles. The van der Waals surface area contributed by atoms with Crippen molar-refractivity contribution in [3.05, 3.63) is 6.33 Å². The van der Waals surface area contributed by atoms with Crippen molar-refractivity contribution in [3.63, 3.8) is 0 Å². The predicted octanol–water partition coefficient (Wildman–Crippen LogP) is 0.159. The number of amides is 1. The van der Waals surface area contributed by atoms with Crippen molar-refractivity contribution in [1.29, 1.82) is 0 Å². The van der Waals surface area contributed by atoms with E-state index in [4.69, 9.17) is 16.2 Å². The molecular weight excluding hydrogens is 246 g/mol. The normalized spacial score (nSPS) is 18.6. The first-order valence-corrected chi connectivity index (χ1v) is 6.41. The average Bonchev–Trinajstić information content (AvgIpc) is 2.87. The minimum absolute atomic E-state index is 0.144. The number of rotatable bonds is 5. The lowest BCUT2D eigenvalue weighted by molar-refractivity contribution is -0.121. The van der Waals surface area contributed by atoms with Crippen LogP contribution in [-0.2, 0) is 4.79 Å². The minimum atomic E-state index is -0.280. The molecule has 0 spiro atoms. The van der Waals surface area contributed by atoms with Crippen molar-refractivity contribution in [1.82, 2.24) is 9.97 Å². The van der Waals surface area contributed by atoms with Gasteiger partial charge >= 0.3 is 0 Å². The van der Waals surface area contributed by atoms with E-state index in [0.717, 1.165) is 12.8 Å². The van der Waals surface area contributed by atoms with Crippen LogP contribution < -0.4 is 21.1 Å². The maximum absolute atomic E-state index is 11.2. The summed E-state index contributed by atoms with van der Waals surface area (Å²) >= 11 is 0. The summed E-state index contributed by atoms with van der Waals surface area (Å²) in [4.78, 5) is 21.3. The molecule has 1 unspecified atom stereocenters. The molecule has 1 atom stereocenters. The molecule has 0 saturated carbocycles. The van der Waals surface area contributed by atoms with Gasteiger partial charge in [0.1, 0.15) is 12.0 Å². The summed E-state index contributed by atoms with van der Waals surface area (Å²) in [6, 6.07) is 0. The fourth-order valence-electron chi connectivity index (χ4n) is 2.12. The molecule has 4 N–H and O–H groups in total. The van der Waals surface area contributed by atoms with Crippen molar-refractivity contribution in [2.75, 3.05) is 30.3 Å². The summed E-state index contributed by atoms with van der Waals surface area (Å²) in [5.74, 6) is 0.589. The number of ether oxygens (including phenoxy) is 1. The van der Waals surface area contributed by atoms with E-state index in [1.165, 1.54) is 6.33 Å². The molecule has 0 aliphatic carbocycles. The van der Waals surface area contributed by atoms with Gasteiger partial charge in [0.2, 0.25) is 11.8 Å². The number of nitrogen functional groups attached to an aromatic ring is 1. The second-order valence-corrected chi connectivity index (χ2v) is 4.60. The summed E-state index contributed by atoms with van der Waals surface area (Å²) in [6.07, 6.45) is 3.03. The number of anilines is 2. The molecule has 7 nitrogen and oxygen atoms in total. The first-order chi connectivity index (χ1) is 9.13. The quantitative estimate of drug-likeness (QED) is 0.785. The smallest absolute Gasteiger partial charge is 0.242 e. The second kappa shape index (κ2) is 5.73. The van der Waals surface area contributed by atoms with Gasteiger partial charge in [-0.05, 0) is 12.8 Å². The van der Waals surface area contributed by atoms with E-state index in [1.807, 2.05) is 11.8 Å². The van der Waals surface area contributed by atoms with Gasteiger partial charge in [0.25, 0.3) is 0 Å². The van der Waals surface area contributed by atoms with Crippen LogP contribution in [0.4, 0.5) is 11.5 Å². The Kier molecular flexibility index (Phi) is 4.03. The Morgan fingerprint density at radius 1 is 1.58 bits per heavy atom. The number of primary amides is 1. The standard InChI is InChI=1S/C12H19N5O2/c1-2-5-19-12-9(13)11(15-7-16-12)17-4-3-8(6-17)10(14)18/h7-8H,2-6,13H2,1H3,(H2,14,18). The van der Waals surface area contributed by atoms with Crippen LogP contribution in [0.15, 0.2) is 6.33 Å². The zero-order valence-corrected chi connectivity index (χ0v) is 11.0. The zero-order valence-electron chi connectivity index (χ0n) is 11.0. The van der Waals surface area contributed by atoms with Crippen LogP contribution in [-0.4, -0.2) is 35.6 Å². The second-order valence-electron chi connectivity index (χ2n) is 4.60. The molecule has 0 radical (unpaired) electrons. The van der Waals surface area contributed by atoms with Gasteiger partial charge in [-0.25, -0.2) is 4.98 Å². The molecule has 1 aromatic rings. The lowest BCUT2D eigenvalue weighted by Gasteiger charge is -2.19. The lowest BCUT2D eigenvalue weighted by Crippen LogP contribution is -2.28. The first kappa shape index (κ1) is 13.4. The molecule has 1 aliphatic rings. The number of carbonyl (C=O) groups is 1. The fourth-order valence-corrected chi connectivity index (χ4v) is 2.12. The van der Waals surface area contributed by atoms with Crippen LogP contribution in [0.1, 0.15) is 19.8 Å². The Hall–Kier alpha value is -2.05. The van der Waals surface area contributed by atoms with Gasteiger partial charge < -0.3 is 21.1 Å². The van der Waals surface area contributed by atoms with E-state index in [-0.39, 0.29) is 11.8 Å². The number of carbonyl (C=O) groups excluding carboxylic acids is 1. The van der Waals surface area contributed by atoms with Gasteiger partial charge in [-0.3, -0.25) is 4.79 Å². The molecule has 7 heteroatoms. The van der Waals surface area contributed by atoms with E-state index in [9.17, 15) is 4.79 Å². The SMILES string of the molecule is CCCOc1ncnc(N2CCC(C(N)=O)C2)c1N. The summed E-state index contributed by atoms with van der Waals surface area (Å²) in [5.41, 5.74) is 11.8. The van der Waals surface area contributed by atoms with Crippen LogP contribution in [0.5, 0.6) is 5.88 Å². The van der Waals surface area contributed by atoms with E-state index in [0.29, 0.717) is 37.1 Å². The monoisotopic (exact) mass is 265 g/mol. The van der Waals surface area contributed by atoms with Gasteiger partial charge in [0.15, 0.2) is 5.82 Å². The summed E-state index contributed by atoms with van der Waals surface area (Å²) in [6.45, 7) is 3.83. The van der Waals surface area contributed by atoms with Gasteiger partial charge in [0, 0.05) is 13.1 Å². The van der Waals surface area contributed by atoms with Crippen molar-refractivity contribution in [3.8, 4) is 5.88 Å². The van der Waals surface area contributed by atoms with Gasteiger partial charge in [-0.15, -0.1) is 0 Å². The highest BCUT2D eigenvalue weighted by Gasteiger charge is 2.29. The lowest BCUT2D eigenvalue weighted by atomic mass is 10.1. The largest absolute Gasteiger partial charge is 0.476 e. The van der Waals surface area contributed by atoms with Crippen LogP contribution in [0.3, 0.4) is 0 Å². The number of hydrogen-bond donors (Lipinski definition) is 2. The average molecular weight is 265 g/mol. The molecule has 0 aromatic carbocycles. The van der Waals surface area contributed by atoms with Crippen LogP contribution in [0.25, 0.3) is 0 Å². The molecule has 1 fully saturated rings. The number of hydrogen-bond acceptors (Lipinski definition) is 6.